The maximum Gasteiger partial charge on any atom is 0.310 e. The summed E-state index contributed by atoms with van der Waals surface area (Å²) in [6.07, 6.45) is -0.0281. The van der Waals surface area contributed by atoms with Crippen LogP contribution in [0.1, 0.15) is 43.7 Å². The molecule has 1 saturated heterocycles. The number of aliphatic hydroxyl groups is 1. The minimum absolute atomic E-state index is 0.0239. The van der Waals surface area contributed by atoms with Gasteiger partial charge in [-0.15, -0.1) is 0 Å². The molecule has 4 rings (SSSR count). The van der Waals surface area contributed by atoms with Crippen LogP contribution in [0, 0.1) is 5.82 Å². The zero-order valence-electron chi connectivity index (χ0n) is 20.7. The Balaban J connectivity index is 1.80. The van der Waals surface area contributed by atoms with E-state index in [1.54, 1.807) is 0 Å². The van der Waals surface area contributed by atoms with E-state index >= 15 is 4.39 Å². The average Bonchev–Trinajstić information content (AvgIpc) is 3.29. The van der Waals surface area contributed by atoms with E-state index in [9.17, 15) is 42.9 Å². The predicted molar refractivity (Wildman–Crippen MR) is 130 cm³/mol. The molecule has 0 bridgehead atoms. The number of pyridine rings is 1. The Morgan fingerprint density at radius 1 is 1.12 bits per heavy atom. The third-order valence-corrected chi connectivity index (χ3v) is 7.98. The fraction of sp³-hybridized carbons (Fsp3) is 0.458. The number of aromatic nitrogens is 1. The van der Waals surface area contributed by atoms with E-state index in [-0.39, 0.29) is 37.4 Å². The lowest BCUT2D eigenvalue weighted by Gasteiger charge is -2.41. The van der Waals surface area contributed by atoms with Gasteiger partial charge in [0.2, 0.25) is 17.7 Å². The van der Waals surface area contributed by atoms with Crippen LogP contribution in [-0.2, 0) is 9.59 Å². The van der Waals surface area contributed by atoms with Gasteiger partial charge in [0.1, 0.15) is 16.8 Å². The lowest BCUT2D eigenvalue weighted by atomic mass is 9.91. The van der Waals surface area contributed by atoms with Crippen molar-refractivity contribution in [3.05, 3.63) is 54.1 Å². The van der Waals surface area contributed by atoms with Crippen LogP contribution in [0.15, 0.2) is 47.6 Å². The van der Waals surface area contributed by atoms with Crippen molar-refractivity contribution in [3.8, 4) is 0 Å². The number of nitrogens with zero attached hydrogens (tertiary/aromatic N) is 2. The van der Waals surface area contributed by atoms with Crippen molar-refractivity contribution >= 4 is 27.7 Å². The fourth-order valence-electron chi connectivity index (χ4n) is 4.80. The monoisotopic (exact) mass is 602 g/mol. The minimum Gasteiger partial charge on any atom is -0.392 e. The van der Waals surface area contributed by atoms with Crippen molar-refractivity contribution in [3.63, 3.8) is 0 Å². The molecule has 3 atom stereocenters. The third-order valence-electron chi connectivity index (χ3n) is 6.84. The van der Waals surface area contributed by atoms with Crippen LogP contribution in [0.5, 0.6) is 0 Å². The van der Waals surface area contributed by atoms with Gasteiger partial charge in [0.25, 0.3) is 0 Å². The number of benzene rings is 1. The lowest BCUT2D eigenvalue weighted by molar-refractivity contribution is -0.128. The standard InChI is InChI=1S/C24H26F8N4O3S/c25-18-11-17(40(28,29,30,31)32)3-4-20(18)36(23(39)19-10-16(37)13-34-19)21(14-2-1-9-33-12-14)22(38)35-15-5-7-24(26,27)8-6-15/h1-4,9,11-12,15-16,19,21,34,37H,5-8,10,13H2,(H,35,38)/t16-,19-,21?/m1/s1. The highest BCUT2D eigenvalue weighted by molar-refractivity contribution is 8.45. The maximum atomic E-state index is 15.3. The Labute approximate surface area is 223 Å². The Morgan fingerprint density at radius 2 is 1.80 bits per heavy atom. The highest BCUT2D eigenvalue weighted by Crippen LogP contribution is 3.02. The number of rotatable bonds is 7. The van der Waals surface area contributed by atoms with Gasteiger partial charge in [-0.1, -0.05) is 25.5 Å². The molecule has 1 saturated carbocycles. The van der Waals surface area contributed by atoms with E-state index in [0.717, 1.165) is 6.20 Å². The first-order valence-corrected chi connectivity index (χ1v) is 14.2. The Bertz CT molecular complexity index is 1270. The normalized spacial score (nSPS) is 24.0. The van der Waals surface area contributed by atoms with E-state index in [0.29, 0.717) is 11.0 Å². The predicted octanol–water partition coefficient (Wildman–Crippen LogP) is 5.37. The third kappa shape index (κ3) is 6.83. The zero-order valence-corrected chi connectivity index (χ0v) is 21.5. The summed E-state index contributed by atoms with van der Waals surface area (Å²) in [5.41, 5.74) is -0.942. The number of halogens is 8. The first-order chi connectivity index (χ1) is 18.3. The van der Waals surface area contributed by atoms with Gasteiger partial charge in [0.15, 0.2) is 0 Å². The van der Waals surface area contributed by atoms with Crippen LogP contribution in [0.2, 0.25) is 0 Å². The maximum absolute atomic E-state index is 15.3. The van der Waals surface area contributed by atoms with Crippen LogP contribution in [0.3, 0.4) is 0 Å². The van der Waals surface area contributed by atoms with E-state index in [1.165, 1.54) is 18.3 Å². The van der Waals surface area contributed by atoms with E-state index < -0.39 is 87.5 Å². The van der Waals surface area contributed by atoms with Gasteiger partial charge >= 0.3 is 10.2 Å². The number of alkyl halides is 2. The summed E-state index contributed by atoms with van der Waals surface area (Å²) in [4.78, 5) is 29.1. The number of β-amino-alcohol motifs (C(OH)–C–C–N with tert-alkyl or cyclic N) is 1. The first-order valence-electron chi connectivity index (χ1n) is 12.2. The van der Waals surface area contributed by atoms with Gasteiger partial charge < -0.3 is 15.7 Å². The zero-order chi connectivity index (χ0) is 29.6. The summed E-state index contributed by atoms with van der Waals surface area (Å²) < 4.78 is 109. The first kappa shape index (κ1) is 30.0. The molecule has 2 aliphatic rings. The van der Waals surface area contributed by atoms with Gasteiger partial charge in [-0.05, 0) is 43.5 Å². The molecule has 2 heterocycles. The van der Waals surface area contributed by atoms with Crippen molar-refractivity contribution in [2.45, 2.75) is 67.2 Å². The summed E-state index contributed by atoms with van der Waals surface area (Å²) in [5.74, 6) is -6.81. The molecule has 2 aromatic rings. The second kappa shape index (κ2) is 9.83. The number of aliphatic hydroxyl groups excluding tert-OH is 1. The second-order valence-electron chi connectivity index (χ2n) is 9.97. The molecule has 222 valence electrons. The highest BCUT2D eigenvalue weighted by Gasteiger charge is 2.65. The van der Waals surface area contributed by atoms with E-state index in [1.807, 2.05) is 0 Å². The molecule has 1 aliphatic carbocycles. The number of carbonyl (C=O) groups excluding carboxylic acids is 2. The summed E-state index contributed by atoms with van der Waals surface area (Å²) in [5, 5.41) is 15.1. The van der Waals surface area contributed by atoms with Gasteiger partial charge in [-0.2, -0.15) is 0 Å². The average molecular weight is 603 g/mol. The van der Waals surface area contributed by atoms with Gasteiger partial charge in [0, 0.05) is 43.4 Å². The fourth-order valence-corrected chi connectivity index (χ4v) is 5.45. The Morgan fingerprint density at radius 3 is 2.33 bits per heavy atom. The summed E-state index contributed by atoms with van der Waals surface area (Å²) in [6.45, 7) is -0.0596. The molecule has 1 aromatic heterocycles. The minimum atomic E-state index is -10.3. The molecule has 1 aromatic carbocycles. The second-order valence-corrected chi connectivity index (χ2v) is 12.4. The van der Waals surface area contributed by atoms with Crippen molar-refractivity contribution in [1.82, 2.24) is 15.6 Å². The quantitative estimate of drug-likeness (QED) is 0.371. The SMILES string of the molecule is O=C(NC1CCC(F)(F)CC1)C(c1cccnc1)N(C(=O)[C@H]1C[C@@H](O)CN1)c1ccc(S(F)(F)(F)(F)F)cc1F. The van der Waals surface area contributed by atoms with E-state index in [4.69, 9.17) is 0 Å². The molecular weight excluding hydrogens is 576 g/mol. The molecule has 3 N–H and O–H groups in total. The van der Waals surface area contributed by atoms with Crippen LogP contribution < -0.4 is 15.5 Å². The van der Waals surface area contributed by atoms with Gasteiger partial charge in [0.05, 0.1) is 17.8 Å². The van der Waals surface area contributed by atoms with Crippen LogP contribution in [0.25, 0.3) is 0 Å². The van der Waals surface area contributed by atoms with Crippen LogP contribution in [-0.4, -0.2) is 52.6 Å². The summed E-state index contributed by atoms with van der Waals surface area (Å²) in [7, 11) is -10.3. The molecule has 2 amide bonds. The molecule has 1 unspecified atom stereocenters. The van der Waals surface area contributed by atoms with Crippen molar-refractivity contribution in [2.75, 3.05) is 11.4 Å². The smallest absolute Gasteiger partial charge is 0.310 e. The Hall–Kier alpha value is -2.98. The molecule has 0 spiro atoms. The number of hydrogen-bond acceptors (Lipinski definition) is 5. The number of anilines is 1. The van der Waals surface area contributed by atoms with Gasteiger partial charge in [-0.25, -0.2) is 13.2 Å². The topological polar surface area (TPSA) is 94.6 Å². The number of hydrogen-bond donors (Lipinski definition) is 3. The van der Waals surface area contributed by atoms with E-state index in [2.05, 4.69) is 15.6 Å². The summed E-state index contributed by atoms with van der Waals surface area (Å²) >= 11 is 0. The molecule has 1 aliphatic heterocycles. The molecule has 40 heavy (non-hydrogen) atoms. The van der Waals surface area contributed by atoms with Crippen LogP contribution in [0.4, 0.5) is 38.3 Å². The van der Waals surface area contributed by atoms with Crippen LogP contribution >= 0.6 is 10.2 Å². The largest absolute Gasteiger partial charge is 0.392 e. The Kier molecular flexibility index (Phi) is 7.37. The lowest BCUT2D eigenvalue weighted by Crippen LogP contribution is -2.52. The number of carbonyl (C=O) groups is 2. The van der Waals surface area contributed by atoms with Crippen molar-refractivity contribution in [1.29, 1.82) is 0 Å². The highest BCUT2D eigenvalue weighted by atomic mass is 32.5. The molecule has 2 fully saturated rings. The molecular formula is C24H26F8N4O3S. The molecule has 0 radical (unpaired) electrons. The molecule has 16 heteroatoms. The number of nitrogens with one attached hydrogen (secondary N) is 2. The number of amides is 2. The van der Waals surface area contributed by atoms with Gasteiger partial charge in [-0.3, -0.25) is 19.5 Å². The van der Waals surface area contributed by atoms with Crippen molar-refractivity contribution < 1.29 is 47.3 Å². The summed E-state index contributed by atoms with van der Waals surface area (Å²) in [6, 6.07) is -1.28. The molecule has 7 nitrogen and oxygen atoms in total. The van der Waals surface area contributed by atoms with Crippen molar-refractivity contribution in [2.24, 2.45) is 0 Å².